The van der Waals surface area contributed by atoms with Gasteiger partial charge >= 0.3 is 5.97 Å². The topological polar surface area (TPSA) is 40.5 Å². The normalized spacial score (nSPS) is 23.4. The number of carboxylic acid groups (broad SMARTS) is 1. The van der Waals surface area contributed by atoms with Crippen LogP contribution in [0.1, 0.15) is 37.8 Å². The number of nitrogens with zero attached hydrogens (tertiary/aromatic N) is 1. The SMILES string of the molecule is CCc1cccc(C)c1N1CCCC(C)(C(=O)O)C1. The van der Waals surface area contributed by atoms with Gasteiger partial charge in [-0.1, -0.05) is 25.1 Å². The number of piperidine rings is 1. The first-order valence-corrected chi connectivity index (χ1v) is 7.05. The molecular formula is C16H23NO2. The molecule has 1 aromatic carbocycles. The Kier molecular flexibility index (Phi) is 3.83. The number of carboxylic acids is 1. The van der Waals surface area contributed by atoms with Crippen LogP contribution in [-0.2, 0) is 11.2 Å². The molecule has 0 saturated carbocycles. The Bertz CT molecular complexity index is 484. The lowest BCUT2D eigenvalue weighted by Crippen LogP contribution is -2.46. The molecule has 1 unspecified atom stereocenters. The zero-order chi connectivity index (χ0) is 14.0. The summed E-state index contributed by atoms with van der Waals surface area (Å²) in [6.07, 6.45) is 2.70. The molecule has 0 aliphatic carbocycles. The lowest BCUT2D eigenvalue weighted by molar-refractivity contribution is -0.148. The van der Waals surface area contributed by atoms with E-state index in [-0.39, 0.29) is 0 Å². The van der Waals surface area contributed by atoms with E-state index in [4.69, 9.17) is 0 Å². The Labute approximate surface area is 115 Å². The number of benzene rings is 1. The Balaban J connectivity index is 2.35. The molecule has 1 N–H and O–H groups in total. The average Bonchev–Trinajstić information content (AvgIpc) is 2.38. The van der Waals surface area contributed by atoms with E-state index in [0.29, 0.717) is 6.54 Å². The van der Waals surface area contributed by atoms with Gasteiger partial charge < -0.3 is 10.0 Å². The highest BCUT2D eigenvalue weighted by atomic mass is 16.4. The molecule has 3 heteroatoms. The van der Waals surface area contributed by atoms with Gasteiger partial charge in [0.25, 0.3) is 0 Å². The van der Waals surface area contributed by atoms with E-state index in [0.717, 1.165) is 25.8 Å². The van der Waals surface area contributed by atoms with Crippen molar-refractivity contribution < 1.29 is 9.90 Å². The number of hydrogen-bond donors (Lipinski definition) is 1. The fourth-order valence-corrected chi connectivity index (χ4v) is 3.06. The Morgan fingerprint density at radius 2 is 2.21 bits per heavy atom. The van der Waals surface area contributed by atoms with Gasteiger partial charge in [0.2, 0.25) is 0 Å². The number of carbonyl (C=O) groups is 1. The van der Waals surface area contributed by atoms with Crippen LogP contribution >= 0.6 is 0 Å². The predicted octanol–water partition coefficient (Wildman–Crippen LogP) is 3.25. The van der Waals surface area contributed by atoms with Crippen molar-refractivity contribution in [3.8, 4) is 0 Å². The largest absolute Gasteiger partial charge is 0.481 e. The van der Waals surface area contributed by atoms with Crippen molar-refractivity contribution in [2.75, 3.05) is 18.0 Å². The number of anilines is 1. The quantitative estimate of drug-likeness (QED) is 0.908. The highest BCUT2D eigenvalue weighted by Gasteiger charge is 2.38. The number of para-hydroxylation sites is 1. The van der Waals surface area contributed by atoms with E-state index in [1.54, 1.807) is 0 Å². The van der Waals surface area contributed by atoms with E-state index in [1.165, 1.54) is 16.8 Å². The lowest BCUT2D eigenvalue weighted by Gasteiger charge is -2.40. The van der Waals surface area contributed by atoms with Crippen LogP contribution in [0.15, 0.2) is 18.2 Å². The van der Waals surface area contributed by atoms with Gasteiger partial charge in [-0.15, -0.1) is 0 Å². The summed E-state index contributed by atoms with van der Waals surface area (Å²) >= 11 is 0. The third-order valence-electron chi connectivity index (χ3n) is 4.23. The third kappa shape index (κ3) is 2.60. The first kappa shape index (κ1) is 13.9. The Morgan fingerprint density at radius 3 is 2.84 bits per heavy atom. The molecule has 0 amide bonds. The zero-order valence-electron chi connectivity index (χ0n) is 12.1. The van der Waals surface area contributed by atoms with Crippen molar-refractivity contribution in [1.82, 2.24) is 0 Å². The highest BCUT2D eigenvalue weighted by Crippen LogP contribution is 2.35. The van der Waals surface area contributed by atoms with Gasteiger partial charge in [0.15, 0.2) is 0 Å². The van der Waals surface area contributed by atoms with Crippen molar-refractivity contribution in [3.05, 3.63) is 29.3 Å². The van der Waals surface area contributed by atoms with E-state index < -0.39 is 11.4 Å². The molecule has 0 aromatic heterocycles. The van der Waals surface area contributed by atoms with Gasteiger partial charge in [-0.25, -0.2) is 0 Å². The summed E-state index contributed by atoms with van der Waals surface area (Å²) in [7, 11) is 0. The molecule has 3 nitrogen and oxygen atoms in total. The molecule has 0 bridgehead atoms. The van der Waals surface area contributed by atoms with E-state index >= 15 is 0 Å². The second-order valence-electron chi connectivity index (χ2n) is 5.83. The summed E-state index contributed by atoms with van der Waals surface area (Å²) in [4.78, 5) is 13.7. The second kappa shape index (κ2) is 5.24. The summed E-state index contributed by atoms with van der Waals surface area (Å²) in [5, 5.41) is 9.43. The van der Waals surface area contributed by atoms with Crippen molar-refractivity contribution in [2.24, 2.45) is 5.41 Å². The number of aliphatic carboxylic acids is 1. The highest BCUT2D eigenvalue weighted by molar-refractivity contribution is 5.76. The second-order valence-corrected chi connectivity index (χ2v) is 5.83. The van der Waals surface area contributed by atoms with Gasteiger partial charge in [-0.2, -0.15) is 0 Å². The molecule has 1 aromatic rings. The fraction of sp³-hybridized carbons (Fsp3) is 0.562. The Hall–Kier alpha value is -1.51. The van der Waals surface area contributed by atoms with Gasteiger partial charge in [-0.3, -0.25) is 4.79 Å². The van der Waals surface area contributed by atoms with Crippen molar-refractivity contribution in [1.29, 1.82) is 0 Å². The van der Waals surface area contributed by atoms with E-state index in [1.807, 2.05) is 6.92 Å². The number of rotatable bonds is 3. The minimum absolute atomic E-state index is 0.611. The molecule has 19 heavy (non-hydrogen) atoms. The summed E-state index contributed by atoms with van der Waals surface area (Å²) in [6, 6.07) is 6.34. The van der Waals surface area contributed by atoms with Crippen LogP contribution in [0.2, 0.25) is 0 Å². The van der Waals surface area contributed by atoms with Crippen LogP contribution in [0.25, 0.3) is 0 Å². The molecule has 1 fully saturated rings. The molecule has 2 rings (SSSR count). The molecule has 0 radical (unpaired) electrons. The summed E-state index contributed by atoms with van der Waals surface area (Å²) < 4.78 is 0. The standard InChI is InChI=1S/C16H23NO2/c1-4-13-8-5-7-12(2)14(13)17-10-6-9-16(3,11-17)15(18)19/h5,7-8H,4,6,9-11H2,1-3H3,(H,18,19). The zero-order valence-corrected chi connectivity index (χ0v) is 12.1. The smallest absolute Gasteiger partial charge is 0.311 e. The lowest BCUT2D eigenvalue weighted by atomic mass is 9.81. The molecule has 1 aliphatic rings. The fourth-order valence-electron chi connectivity index (χ4n) is 3.06. The maximum atomic E-state index is 11.5. The molecule has 104 valence electrons. The number of aryl methyl sites for hydroxylation is 2. The molecule has 1 atom stereocenters. The monoisotopic (exact) mass is 261 g/mol. The summed E-state index contributed by atoms with van der Waals surface area (Å²) in [5.74, 6) is -0.677. The van der Waals surface area contributed by atoms with Crippen molar-refractivity contribution >= 4 is 11.7 Å². The van der Waals surface area contributed by atoms with E-state index in [2.05, 4.69) is 36.9 Å². The maximum absolute atomic E-state index is 11.5. The van der Waals surface area contributed by atoms with Gasteiger partial charge in [0.1, 0.15) is 0 Å². The van der Waals surface area contributed by atoms with Gasteiger partial charge in [0, 0.05) is 18.8 Å². The van der Waals surface area contributed by atoms with Crippen LogP contribution in [0.4, 0.5) is 5.69 Å². The molecule has 1 saturated heterocycles. The van der Waals surface area contributed by atoms with Crippen molar-refractivity contribution in [3.63, 3.8) is 0 Å². The predicted molar refractivity (Wildman–Crippen MR) is 77.7 cm³/mol. The first-order chi connectivity index (χ1) is 8.98. The minimum atomic E-state index is -0.677. The van der Waals surface area contributed by atoms with Crippen LogP contribution < -0.4 is 4.90 Å². The van der Waals surface area contributed by atoms with Gasteiger partial charge in [-0.05, 0) is 44.2 Å². The summed E-state index contributed by atoms with van der Waals surface area (Å²) in [5.41, 5.74) is 3.19. The van der Waals surface area contributed by atoms with Crippen LogP contribution in [0, 0.1) is 12.3 Å². The number of hydrogen-bond acceptors (Lipinski definition) is 2. The first-order valence-electron chi connectivity index (χ1n) is 7.05. The van der Waals surface area contributed by atoms with Gasteiger partial charge in [0.05, 0.1) is 5.41 Å². The molecular weight excluding hydrogens is 238 g/mol. The van der Waals surface area contributed by atoms with E-state index in [9.17, 15) is 9.90 Å². The summed E-state index contributed by atoms with van der Waals surface area (Å²) in [6.45, 7) is 7.70. The minimum Gasteiger partial charge on any atom is -0.481 e. The maximum Gasteiger partial charge on any atom is 0.311 e. The molecule has 1 aliphatic heterocycles. The van der Waals surface area contributed by atoms with Crippen LogP contribution in [0.3, 0.4) is 0 Å². The van der Waals surface area contributed by atoms with Crippen LogP contribution in [0.5, 0.6) is 0 Å². The molecule has 0 spiro atoms. The molecule has 1 heterocycles. The Morgan fingerprint density at radius 1 is 1.47 bits per heavy atom. The average molecular weight is 261 g/mol. The van der Waals surface area contributed by atoms with Crippen molar-refractivity contribution in [2.45, 2.75) is 40.0 Å². The third-order valence-corrected chi connectivity index (χ3v) is 4.23. The van der Waals surface area contributed by atoms with Crippen LogP contribution in [-0.4, -0.2) is 24.2 Å².